The summed E-state index contributed by atoms with van der Waals surface area (Å²) in [5, 5.41) is 4.42. The number of aromatic nitrogens is 4. The summed E-state index contributed by atoms with van der Waals surface area (Å²) in [5.41, 5.74) is 2.66. The monoisotopic (exact) mass is 345 g/mol. The predicted molar refractivity (Wildman–Crippen MR) is 92.0 cm³/mol. The van der Waals surface area contributed by atoms with Crippen molar-refractivity contribution in [1.29, 1.82) is 0 Å². The molecule has 0 saturated carbocycles. The van der Waals surface area contributed by atoms with Gasteiger partial charge in [-0.05, 0) is 33.8 Å². The van der Waals surface area contributed by atoms with Crippen LogP contribution in [0.5, 0.6) is 0 Å². The molecule has 0 bridgehead atoms. The molecule has 1 aliphatic rings. The number of nitrogens with zero attached hydrogens (tertiary/aromatic N) is 5. The third kappa shape index (κ3) is 3.34. The quantitative estimate of drug-likeness (QED) is 0.810. The Hall–Kier alpha value is -2.48. The summed E-state index contributed by atoms with van der Waals surface area (Å²) in [6.45, 7) is 9.38. The lowest BCUT2D eigenvalue weighted by atomic mass is 10.2. The van der Waals surface area contributed by atoms with E-state index in [0.717, 1.165) is 11.4 Å². The molecule has 3 rings (SSSR count). The zero-order valence-electron chi connectivity index (χ0n) is 15.1. The lowest BCUT2D eigenvalue weighted by molar-refractivity contribution is -0.135. The lowest BCUT2D eigenvalue weighted by Crippen LogP contribution is -2.44. The van der Waals surface area contributed by atoms with E-state index >= 15 is 0 Å². The van der Waals surface area contributed by atoms with Crippen molar-refractivity contribution in [3.8, 4) is 5.95 Å². The Morgan fingerprint density at radius 3 is 2.48 bits per heavy atom. The summed E-state index contributed by atoms with van der Waals surface area (Å²) >= 11 is 0. The molecule has 1 amide bonds. The smallest absolute Gasteiger partial charge is 0.258 e. The second-order valence-electron chi connectivity index (χ2n) is 6.35. The van der Waals surface area contributed by atoms with Crippen LogP contribution in [0.2, 0.25) is 0 Å². The van der Waals surface area contributed by atoms with Crippen LogP contribution in [0.3, 0.4) is 0 Å². The van der Waals surface area contributed by atoms with Gasteiger partial charge in [0, 0.05) is 30.0 Å². The fourth-order valence-corrected chi connectivity index (χ4v) is 2.93. The van der Waals surface area contributed by atoms with Crippen LogP contribution in [0.1, 0.15) is 22.6 Å². The number of hydrogen-bond donors (Lipinski definition) is 0. The second kappa shape index (κ2) is 6.79. The Morgan fingerprint density at radius 2 is 1.88 bits per heavy atom. The largest absolute Gasteiger partial charge is 0.378 e. The van der Waals surface area contributed by atoms with Crippen LogP contribution >= 0.6 is 0 Å². The SMILES string of the molecule is Cc1cc(C)n(-c2nc(C)c(C)c(=O)n2CC(=O)N2CCOCC2)n1. The molecule has 0 unspecified atom stereocenters. The van der Waals surface area contributed by atoms with Gasteiger partial charge in [0.25, 0.3) is 5.56 Å². The van der Waals surface area contributed by atoms with E-state index in [4.69, 9.17) is 4.74 Å². The molecule has 1 saturated heterocycles. The Bertz CT molecular complexity index is 862. The first-order valence-corrected chi connectivity index (χ1v) is 8.35. The summed E-state index contributed by atoms with van der Waals surface area (Å²) < 4.78 is 8.32. The summed E-state index contributed by atoms with van der Waals surface area (Å²) in [6, 6.07) is 1.91. The Morgan fingerprint density at radius 1 is 1.20 bits per heavy atom. The van der Waals surface area contributed by atoms with E-state index in [1.165, 1.54) is 4.57 Å². The number of ether oxygens (including phenoxy) is 1. The normalized spacial score (nSPS) is 14.8. The van der Waals surface area contributed by atoms with Crippen LogP contribution in [-0.4, -0.2) is 56.4 Å². The highest BCUT2D eigenvalue weighted by Crippen LogP contribution is 2.11. The average Bonchev–Trinajstić information content (AvgIpc) is 2.94. The Labute approximate surface area is 146 Å². The fraction of sp³-hybridized carbons (Fsp3) is 0.529. The minimum atomic E-state index is -0.211. The number of amides is 1. The first-order chi connectivity index (χ1) is 11.9. The predicted octanol–water partition coefficient (Wildman–Crippen LogP) is 0.521. The molecule has 0 aromatic carbocycles. The van der Waals surface area contributed by atoms with E-state index in [1.807, 2.05) is 19.9 Å². The highest BCUT2D eigenvalue weighted by molar-refractivity contribution is 5.76. The summed E-state index contributed by atoms with van der Waals surface area (Å²) in [6.07, 6.45) is 0. The van der Waals surface area contributed by atoms with E-state index in [0.29, 0.717) is 43.5 Å². The molecule has 3 heterocycles. The van der Waals surface area contributed by atoms with Crippen molar-refractivity contribution in [3.05, 3.63) is 39.1 Å². The number of aryl methyl sites for hydroxylation is 3. The first kappa shape index (κ1) is 17.3. The minimum absolute atomic E-state index is 0.0549. The molecular formula is C17H23N5O3. The lowest BCUT2D eigenvalue weighted by Gasteiger charge is -2.27. The standard InChI is InChI=1S/C17H23N5O3/c1-11-9-12(2)22(19-11)17-18-14(4)13(3)16(24)21(17)10-15(23)20-5-7-25-8-6-20/h9H,5-8,10H2,1-4H3. The van der Waals surface area contributed by atoms with Gasteiger partial charge in [0.15, 0.2) is 0 Å². The van der Waals surface area contributed by atoms with Gasteiger partial charge >= 0.3 is 0 Å². The molecule has 0 atom stereocenters. The maximum absolute atomic E-state index is 12.8. The molecule has 0 spiro atoms. The highest BCUT2D eigenvalue weighted by atomic mass is 16.5. The summed E-state index contributed by atoms with van der Waals surface area (Å²) in [7, 11) is 0. The molecule has 0 aliphatic carbocycles. The van der Waals surface area contributed by atoms with Crippen molar-refractivity contribution < 1.29 is 9.53 Å². The van der Waals surface area contributed by atoms with Gasteiger partial charge in [-0.1, -0.05) is 0 Å². The van der Waals surface area contributed by atoms with Crippen molar-refractivity contribution in [1.82, 2.24) is 24.2 Å². The van der Waals surface area contributed by atoms with Crippen molar-refractivity contribution in [2.24, 2.45) is 0 Å². The van der Waals surface area contributed by atoms with Crippen molar-refractivity contribution in [3.63, 3.8) is 0 Å². The number of morpholine rings is 1. The maximum atomic E-state index is 12.8. The number of rotatable bonds is 3. The van der Waals surface area contributed by atoms with E-state index in [-0.39, 0.29) is 18.0 Å². The van der Waals surface area contributed by atoms with Gasteiger partial charge in [-0.3, -0.25) is 14.2 Å². The minimum Gasteiger partial charge on any atom is -0.378 e. The van der Waals surface area contributed by atoms with E-state index in [2.05, 4.69) is 10.1 Å². The van der Waals surface area contributed by atoms with Gasteiger partial charge in [0.2, 0.25) is 11.9 Å². The van der Waals surface area contributed by atoms with Crippen LogP contribution < -0.4 is 5.56 Å². The average molecular weight is 345 g/mol. The zero-order chi connectivity index (χ0) is 18.1. The van der Waals surface area contributed by atoms with E-state index in [9.17, 15) is 9.59 Å². The van der Waals surface area contributed by atoms with Crippen molar-refractivity contribution >= 4 is 5.91 Å². The van der Waals surface area contributed by atoms with Crippen molar-refractivity contribution in [2.45, 2.75) is 34.2 Å². The van der Waals surface area contributed by atoms with Gasteiger partial charge < -0.3 is 9.64 Å². The molecule has 2 aromatic heterocycles. The number of carbonyl (C=O) groups is 1. The van der Waals surface area contributed by atoms with Crippen LogP contribution in [-0.2, 0) is 16.1 Å². The number of hydrogen-bond acceptors (Lipinski definition) is 5. The Kier molecular flexibility index (Phi) is 4.71. The summed E-state index contributed by atoms with van der Waals surface area (Å²) in [5.74, 6) is 0.263. The fourth-order valence-electron chi connectivity index (χ4n) is 2.93. The van der Waals surface area contributed by atoms with Gasteiger partial charge in [0.1, 0.15) is 6.54 Å². The molecular weight excluding hydrogens is 322 g/mol. The molecule has 25 heavy (non-hydrogen) atoms. The molecule has 0 N–H and O–H groups in total. The third-order valence-corrected chi connectivity index (χ3v) is 4.47. The maximum Gasteiger partial charge on any atom is 0.258 e. The van der Waals surface area contributed by atoms with Gasteiger partial charge in [-0.25, -0.2) is 9.67 Å². The molecule has 134 valence electrons. The first-order valence-electron chi connectivity index (χ1n) is 8.35. The van der Waals surface area contributed by atoms with E-state index in [1.54, 1.807) is 23.4 Å². The van der Waals surface area contributed by atoms with E-state index < -0.39 is 0 Å². The van der Waals surface area contributed by atoms with Gasteiger partial charge in [0.05, 0.1) is 18.9 Å². The van der Waals surface area contributed by atoms with Crippen LogP contribution in [0, 0.1) is 27.7 Å². The molecule has 1 aliphatic heterocycles. The molecule has 8 nitrogen and oxygen atoms in total. The second-order valence-corrected chi connectivity index (χ2v) is 6.35. The molecule has 0 radical (unpaired) electrons. The van der Waals surface area contributed by atoms with Crippen LogP contribution in [0.4, 0.5) is 0 Å². The summed E-state index contributed by atoms with van der Waals surface area (Å²) in [4.78, 5) is 31.7. The topological polar surface area (TPSA) is 82.2 Å². The zero-order valence-corrected chi connectivity index (χ0v) is 15.1. The molecule has 2 aromatic rings. The van der Waals surface area contributed by atoms with Gasteiger partial charge in [-0.15, -0.1) is 0 Å². The van der Waals surface area contributed by atoms with Gasteiger partial charge in [-0.2, -0.15) is 5.10 Å². The molecule has 8 heteroatoms. The third-order valence-electron chi connectivity index (χ3n) is 4.47. The molecule has 1 fully saturated rings. The Balaban J connectivity index is 2.05. The van der Waals surface area contributed by atoms with Crippen LogP contribution in [0.15, 0.2) is 10.9 Å². The van der Waals surface area contributed by atoms with Crippen LogP contribution in [0.25, 0.3) is 5.95 Å². The van der Waals surface area contributed by atoms with Crippen molar-refractivity contribution in [2.75, 3.05) is 26.3 Å². The number of carbonyl (C=O) groups excluding carboxylic acids is 1. The highest BCUT2D eigenvalue weighted by Gasteiger charge is 2.22.